The van der Waals surface area contributed by atoms with E-state index in [4.69, 9.17) is 27.9 Å². The highest BCUT2D eigenvalue weighted by molar-refractivity contribution is 6.35. The van der Waals surface area contributed by atoms with E-state index in [-0.39, 0.29) is 12.2 Å². The van der Waals surface area contributed by atoms with Gasteiger partial charge in [0.2, 0.25) is 0 Å². The van der Waals surface area contributed by atoms with Gasteiger partial charge in [0, 0.05) is 26.9 Å². The van der Waals surface area contributed by atoms with Crippen LogP contribution >= 0.6 is 23.2 Å². The quantitative estimate of drug-likeness (QED) is 0.226. The predicted octanol–water partition coefficient (Wildman–Crippen LogP) is 7.41. The van der Waals surface area contributed by atoms with Crippen LogP contribution in [0, 0.1) is 17.1 Å². The average Bonchev–Trinajstić information content (AvgIpc) is 2.83. The van der Waals surface area contributed by atoms with Crippen LogP contribution in [0.15, 0.2) is 84.4 Å². The topological polar surface area (TPSA) is 62.1 Å². The third-order valence-corrected chi connectivity index (χ3v) is 5.67. The molecule has 4 aromatic rings. The molecule has 0 radical (unpaired) electrons. The van der Waals surface area contributed by atoms with Crippen LogP contribution in [-0.2, 0) is 11.4 Å². The molecule has 0 bridgehead atoms. The van der Waals surface area contributed by atoms with E-state index in [0.717, 1.165) is 16.3 Å². The zero-order valence-corrected chi connectivity index (χ0v) is 19.2. The Morgan fingerprint density at radius 1 is 1.03 bits per heavy atom. The van der Waals surface area contributed by atoms with Crippen molar-refractivity contribution < 1.29 is 13.9 Å². The molecular formula is C27H17Cl2FN2O2. The first-order chi connectivity index (χ1) is 16.4. The minimum atomic E-state index is -0.617. The number of nitrogens with zero attached hydrogens (tertiary/aromatic N) is 1. The number of nitrogens with one attached hydrogen (secondary N) is 1. The first-order valence-corrected chi connectivity index (χ1v) is 11.0. The molecule has 4 nitrogen and oxygen atoms in total. The highest BCUT2D eigenvalue weighted by Gasteiger charge is 2.14. The zero-order valence-electron chi connectivity index (χ0n) is 17.7. The van der Waals surface area contributed by atoms with Gasteiger partial charge in [-0.3, -0.25) is 4.79 Å². The van der Waals surface area contributed by atoms with E-state index in [9.17, 15) is 14.4 Å². The van der Waals surface area contributed by atoms with E-state index >= 15 is 0 Å². The molecule has 7 heteroatoms. The van der Waals surface area contributed by atoms with E-state index in [0.29, 0.717) is 27.0 Å². The lowest BCUT2D eigenvalue weighted by Gasteiger charge is -2.14. The van der Waals surface area contributed by atoms with E-state index in [1.54, 1.807) is 24.3 Å². The molecule has 34 heavy (non-hydrogen) atoms. The predicted molar refractivity (Wildman–Crippen MR) is 133 cm³/mol. The van der Waals surface area contributed by atoms with Crippen LogP contribution in [0.25, 0.3) is 16.8 Å². The molecule has 4 aromatic carbocycles. The molecular weight excluding hydrogens is 474 g/mol. The second-order valence-corrected chi connectivity index (χ2v) is 8.20. The van der Waals surface area contributed by atoms with E-state index in [1.807, 2.05) is 36.4 Å². The Balaban J connectivity index is 1.70. The van der Waals surface area contributed by atoms with E-state index < -0.39 is 11.7 Å². The number of anilines is 1. The van der Waals surface area contributed by atoms with Crippen molar-refractivity contribution in [2.24, 2.45) is 0 Å². The van der Waals surface area contributed by atoms with Gasteiger partial charge in [-0.05, 0) is 59.3 Å². The van der Waals surface area contributed by atoms with Crippen molar-refractivity contribution >= 4 is 51.6 Å². The Morgan fingerprint density at radius 3 is 2.53 bits per heavy atom. The molecule has 0 aliphatic heterocycles. The Labute approximate surface area is 205 Å². The number of rotatable bonds is 6. The van der Waals surface area contributed by atoms with Crippen molar-refractivity contribution in [1.82, 2.24) is 0 Å². The van der Waals surface area contributed by atoms with Crippen molar-refractivity contribution in [3.63, 3.8) is 0 Å². The average molecular weight is 491 g/mol. The molecule has 1 amide bonds. The number of carbonyl (C=O) groups excluding carboxylic acids is 1. The number of hydrogen-bond donors (Lipinski definition) is 1. The Hall–Kier alpha value is -3.85. The second kappa shape index (κ2) is 10.4. The van der Waals surface area contributed by atoms with Crippen LogP contribution in [0.3, 0.4) is 0 Å². The summed E-state index contributed by atoms with van der Waals surface area (Å²) in [5.41, 5.74) is 1.56. The van der Waals surface area contributed by atoms with Gasteiger partial charge in [-0.2, -0.15) is 5.26 Å². The minimum Gasteiger partial charge on any atom is -0.488 e. The van der Waals surface area contributed by atoms with Crippen LogP contribution in [0.5, 0.6) is 5.75 Å². The number of benzene rings is 4. The standard InChI is InChI=1S/C27H17Cl2FN2O2/c28-20-7-5-18(25(29)14-20)16-34-26-12-6-17-3-1-2-4-23(17)24(26)13-19(15-31)27(33)32-22-10-8-21(30)9-11-22/h1-14H,16H2,(H,32,33). The molecule has 0 fully saturated rings. The monoisotopic (exact) mass is 490 g/mol. The number of halogens is 3. The molecule has 0 aromatic heterocycles. The Morgan fingerprint density at radius 2 is 1.79 bits per heavy atom. The van der Waals surface area contributed by atoms with Crippen molar-refractivity contribution in [3.8, 4) is 11.8 Å². The number of amides is 1. The Bertz CT molecular complexity index is 1440. The van der Waals surface area contributed by atoms with Gasteiger partial charge in [0.1, 0.15) is 29.8 Å². The highest BCUT2D eigenvalue weighted by atomic mass is 35.5. The van der Waals surface area contributed by atoms with Crippen LogP contribution in [-0.4, -0.2) is 5.91 Å². The smallest absolute Gasteiger partial charge is 0.266 e. The Kier molecular flexibility index (Phi) is 7.12. The third-order valence-electron chi connectivity index (χ3n) is 5.08. The van der Waals surface area contributed by atoms with Crippen LogP contribution in [0.1, 0.15) is 11.1 Å². The van der Waals surface area contributed by atoms with E-state index in [2.05, 4.69) is 5.32 Å². The first-order valence-electron chi connectivity index (χ1n) is 10.2. The molecule has 0 saturated heterocycles. The molecule has 0 unspecified atom stereocenters. The lowest BCUT2D eigenvalue weighted by molar-refractivity contribution is -0.112. The largest absolute Gasteiger partial charge is 0.488 e. The summed E-state index contributed by atoms with van der Waals surface area (Å²) in [6, 6.07) is 23.6. The molecule has 0 atom stereocenters. The SMILES string of the molecule is N#CC(=Cc1c(OCc2ccc(Cl)cc2Cl)ccc2ccccc12)C(=O)Nc1ccc(F)cc1. The molecule has 0 heterocycles. The molecule has 168 valence electrons. The second-order valence-electron chi connectivity index (χ2n) is 7.35. The summed E-state index contributed by atoms with van der Waals surface area (Å²) in [6.45, 7) is 0.166. The number of ether oxygens (including phenoxy) is 1. The van der Waals surface area contributed by atoms with Crippen molar-refractivity contribution in [2.75, 3.05) is 5.32 Å². The van der Waals surface area contributed by atoms with Crippen molar-refractivity contribution in [1.29, 1.82) is 5.26 Å². The molecule has 0 spiro atoms. The molecule has 4 rings (SSSR count). The van der Waals surface area contributed by atoms with Gasteiger partial charge in [0.15, 0.2) is 0 Å². The fourth-order valence-corrected chi connectivity index (χ4v) is 3.83. The van der Waals surface area contributed by atoms with Gasteiger partial charge in [-0.15, -0.1) is 0 Å². The highest BCUT2D eigenvalue weighted by Crippen LogP contribution is 2.32. The van der Waals surface area contributed by atoms with Gasteiger partial charge in [0.05, 0.1) is 0 Å². The van der Waals surface area contributed by atoms with Gasteiger partial charge < -0.3 is 10.1 Å². The number of hydrogen-bond acceptors (Lipinski definition) is 3. The van der Waals surface area contributed by atoms with Crippen LogP contribution in [0.4, 0.5) is 10.1 Å². The summed E-state index contributed by atoms with van der Waals surface area (Å²) in [7, 11) is 0. The summed E-state index contributed by atoms with van der Waals surface area (Å²) in [5, 5.41) is 15.0. The van der Waals surface area contributed by atoms with Crippen LogP contribution < -0.4 is 10.1 Å². The first kappa shape index (κ1) is 23.3. The third kappa shape index (κ3) is 5.37. The normalized spacial score (nSPS) is 11.2. The molecule has 0 saturated carbocycles. The lowest BCUT2D eigenvalue weighted by atomic mass is 10.0. The maximum absolute atomic E-state index is 13.2. The molecule has 0 aliphatic carbocycles. The minimum absolute atomic E-state index is 0.130. The summed E-state index contributed by atoms with van der Waals surface area (Å²) in [6.07, 6.45) is 1.49. The summed E-state index contributed by atoms with van der Waals surface area (Å²) >= 11 is 12.2. The number of carbonyl (C=O) groups is 1. The van der Waals surface area contributed by atoms with Gasteiger partial charge >= 0.3 is 0 Å². The maximum Gasteiger partial charge on any atom is 0.266 e. The van der Waals surface area contributed by atoms with Gasteiger partial charge in [-0.1, -0.05) is 59.6 Å². The summed E-state index contributed by atoms with van der Waals surface area (Å²) in [5.74, 6) is -0.562. The zero-order chi connectivity index (χ0) is 24.1. The molecule has 0 aliphatic rings. The fourth-order valence-electron chi connectivity index (χ4n) is 3.37. The van der Waals surface area contributed by atoms with Crippen molar-refractivity contribution in [3.05, 3.63) is 111 Å². The number of nitriles is 1. The molecule has 1 N–H and O–H groups in total. The van der Waals surface area contributed by atoms with Crippen molar-refractivity contribution in [2.45, 2.75) is 6.61 Å². The van der Waals surface area contributed by atoms with E-state index in [1.165, 1.54) is 30.3 Å². The fraction of sp³-hybridized carbons (Fsp3) is 0.0370. The van der Waals surface area contributed by atoms with Gasteiger partial charge in [0.25, 0.3) is 5.91 Å². The lowest BCUT2D eigenvalue weighted by Crippen LogP contribution is -2.13. The van der Waals surface area contributed by atoms with Gasteiger partial charge in [-0.25, -0.2) is 4.39 Å². The van der Waals surface area contributed by atoms with Crippen LogP contribution in [0.2, 0.25) is 10.0 Å². The summed E-state index contributed by atoms with van der Waals surface area (Å²) < 4.78 is 19.2. The summed E-state index contributed by atoms with van der Waals surface area (Å²) in [4.78, 5) is 12.8. The maximum atomic E-state index is 13.2. The number of fused-ring (bicyclic) bond motifs is 1.